The maximum absolute atomic E-state index is 9.91. The number of β-amino-alcohol motifs (C(OH)–C–C–N with tert-alkyl or cyclic N) is 1. The van der Waals surface area contributed by atoms with Gasteiger partial charge in [-0.05, 0) is 25.7 Å². The Morgan fingerprint density at radius 3 is 2.36 bits per heavy atom. The minimum Gasteiger partial charge on any atom is -0.388 e. The van der Waals surface area contributed by atoms with Crippen LogP contribution >= 0.6 is 0 Å². The summed E-state index contributed by atoms with van der Waals surface area (Å²) >= 11 is 0. The van der Waals surface area contributed by atoms with Crippen LogP contribution in [0.15, 0.2) is 0 Å². The number of nitrogens with two attached hydrogens (primary N) is 1. The first-order chi connectivity index (χ1) is 6.37. The highest BCUT2D eigenvalue weighted by atomic mass is 16.3. The van der Waals surface area contributed by atoms with Crippen molar-refractivity contribution in [3.63, 3.8) is 0 Å². The molecule has 84 valence electrons. The maximum atomic E-state index is 9.91. The molecule has 0 bridgehead atoms. The molecular formula is C11H24N2O. The van der Waals surface area contributed by atoms with Gasteiger partial charge in [0.25, 0.3) is 0 Å². The molecule has 14 heavy (non-hydrogen) atoms. The lowest BCUT2D eigenvalue weighted by Crippen LogP contribution is -2.47. The fraction of sp³-hybridized carbons (Fsp3) is 1.00. The van der Waals surface area contributed by atoms with E-state index >= 15 is 0 Å². The van der Waals surface area contributed by atoms with Crippen molar-refractivity contribution >= 4 is 0 Å². The molecule has 3 heteroatoms. The average molecular weight is 200 g/mol. The summed E-state index contributed by atoms with van der Waals surface area (Å²) in [6.45, 7) is 10.7. The summed E-state index contributed by atoms with van der Waals surface area (Å²) in [4.78, 5) is 2.35. The van der Waals surface area contributed by atoms with Crippen LogP contribution in [0.3, 0.4) is 0 Å². The Morgan fingerprint density at radius 1 is 1.43 bits per heavy atom. The molecule has 3 nitrogen and oxygen atoms in total. The van der Waals surface area contributed by atoms with Crippen LogP contribution in [0.1, 0.15) is 27.7 Å². The molecule has 4 atom stereocenters. The van der Waals surface area contributed by atoms with Crippen LogP contribution in [-0.2, 0) is 0 Å². The Kier molecular flexibility index (Phi) is 3.56. The van der Waals surface area contributed by atoms with Gasteiger partial charge in [0.15, 0.2) is 0 Å². The highest BCUT2D eigenvalue weighted by Crippen LogP contribution is 2.29. The largest absolute Gasteiger partial charge is 0.388 e. The maximum Gasteiger partial charge on any atom is 0.0867 e. The lowest BCUT2D eigenvalue weighted by molar-refractivity contribution is 0.0229. The quantitative estimate of drug-likeness (QED) is 0.704. The average Bonchev–Trinajstić information content (AvgIpc) is 2.33. The highest BCUT2D eigenvalue weighted by Gasteiger charge is 2.36. The van der Waals surface area contributed by atoms with Crippen LogP contribution in [0.5, 0.6) is 0 Å². The minimum atomic E-state index is -0.738. The van der Waals surface area contributed by atoms with E-state index in [9.17, 15) is 5.11 Å². The first-order valence-corrected chi connectivity index (χ1v) is 5.54. The Bertz CT molecular complexity index is 194. The number of aliphatic hydroxyl groups is 1. The molecule has 4 unspecified atom stereocenters. The number of hydrogen-bond donors (Lipinski definition) is 2. The molecule has 1 aliphatic rings. The van der Waals surface area contributed by atoms with E-state index in [1.54, 1.807) is 0 Å². The second-order valence-corrected chi connectivity index (χ2v) is 5.21. The van der Waals surface area contributed by atoms with E-state index in [1.165, 1.54) is 0 Å². The fourth-order valence-electron chi connectivity index (χ4n) is 2.22. The summed E-state index contributed by atoms with van der Waals surface area (Å²) in [6, 6.07) is 0.558. The normalized spacial score (nSPS) is 38.6. The molecule has 1 fully saturated rings. The molecule has 3 N–H and O–H groups in total. The van der Waals surface area contributed by atoms with E-state index in [1.807, 2.05) is 6.92 Å². The van der Waals surface area contributed by atoms with Gasteiger partial charge in [0.05, 0.1) is 5.60 Å². The molecule has 0 aromatic carbocycles. The van der Waals surface area contributed by atoms with Gasteiger partial charge >= 0.3 is 0 Å². The molecule has 1 heterocycles. The second kappa shape index (κ2) is 4.17. The smallest absolute Gasteiger partial charge is 0.0867 e. The second-order valence-electron chi connectivity index (χ2n) is 5.21. The molecule has 1 rings (SSSR count). The SMILES string of the molecule is CC1CN(CC(C)(O)CN)C(C)C1C. The summed E-state index contributed by atoms with van der Waals surface area (Å²) in [5.41, 5.74) is 4.78. The molecule has 1 aliphatic heterocycles. The van der Waals surface area contributed by atoms with Crippen molar-refractivity contribution in [2.75, 3.05) is 19.6 Å². The van der Waals surface area contributed by atoms with Crippen LogP contribution in [0.4, 0.5) is 0 Å². The van der Waals surface area contributed by atoms with Crippen molar-refractivity contribution in [1.82, 2.24) is 4.90 Å². The summed E-state index contributed by atoms with van der Waals surface area (Å²) in [5, 5.41) is 9.91. The molecule has 0 amide bonds. The molecule has 0 radical (unpaired) electrons. The van der Waals surface area contributed by atoms with Gasteiger partial charge < -0.3 is 10.8 Å². The molecule has 1 saturated heterocycles. The van der Waals surface area contributed by atoms with Gasteiger partial charge in [0.2, 0.25) is 0 Å². The summed E-state index contributed by atoms with van der Waals surface area (Å²) in [6.07, 6.45) is 0. The number of likely N-dealkylation sites (tertiary alicyclic amines) is 1. The van der Waals surface area contributed by atoms with E-state index in [4.69, 9.17) is 5.73 Å². The Morgan fingerprint density at radius 2 is 2.00 bits per heavy atom. The molecular weight excluding hydrogens is 176 g/mol. The lowest BCUT2D eigenvalue weighted by atomic mass is 9.95. The summed E-state index contributed by atoms with van der Waals surface area (Å²) in [7, 11) is 0. The van der Waals surface area contributed by atoms with Gasteiger partial charge in [0.1, 0.15) is 0 Å². The van der Waals surface area contributed by atoms with Crippen molar-refractivity contribution in [3.05, 3.63) is 0 Å². The van der Waals surface area contributed by atoms with Crippen LogP contribution in [-0.4, -0.2) is 41.3 Å². The third-order valence-electron chi connectivity index (χ3n) is 3.74. The van der Waals surface area contributed by atoms with E-state index < -0.39 is 5.60 Å². The Labute approximate surface area is 87.3 Å². The zero-order valence-electron chi connectivity index (χ0n) is 9.83. The summed E-state index contributed by atoms with van der Waals surface area (Å²) < 4.78 is 0. The van der Waals surface area contributed by atoms with Crippen LogP contribution < -0.4 is 5.73 Å². The molecule has 0 saturated carbocycles. The van der Waals surface area contributed by atoms with Gasteiger partial charge in [-0.3, -0.25) is 4.90 Å². The Hall–Kier alpha value is -0.120. The standard InChI is InChI=1S/C11H24N2O/c1-8-5-13(10(3)9(8)2)7-11(4,14)6-12/h8-10,14H,5-7,12H2,1-4H3. The zero-order chi connectivity index (χ0) is 10.9. The van der Waals surface area contributed by atoms with Crippen molar-refractivity contribution in [1.29, 1.82) is 0 Å². The van der Waals surface area contributed by atoms with Crippen LogP contribution in [0, 0.1) is 11.8 Å². The molecule has 0 aromatic heterocycles. The molecule has 0 spiro atoms. The highest BCUT2D eigenvalue weighted by molar-refractivity contribution is 4.90. The number of hydrogen-bond acceptors (Lipinski definition) is 3. The van der Waals surface area contributed by atoms with E-state index in [0.29, 0.717) is 25.0 Å². The van der Waals surface area contributed by atoms with Gasteiger partial charge in [-0.1, -0.05) is 13.8 Å². The van der Waals surface area contributed by atoms with E-state index in [2.05, 4.69) is 25.7 Å². The first-order valence-electron chi connectivity index (χ1n) is 5.54. The zero-order valence-corrected chi connectivity index (χ0v) is 9.83. The molecule has 0 aliphatic carbocycles. The predicted molar refractivity (Wildman–Crippen MR) is 59.0 cm³/mol. The predicted octanol–water partition coefficient (Wildman–Crippen LogP) is 0.672. The van der Waals surface area contributed by atoms with Crippen molar-refractivity contribution in [3.8, 4) is 0 Å². The van der Waals surface area contributed by atoms with E-state index in [-0.39, 0.29) is 0 Å². The number of rotatable bonds is 3. The van der Waals surface area contributed by atoms with E-state index in [0.717, 1.165) is 12.5 Å². The van der Waals surface area contributed by atoms with Crippen molar-refractivity contribution in [2.24, 2.45) is 17.6 Å². The number of nitrogens with zero attached hydrogens (tertiary/aromatic N) is 1. The fourth-order valence-corrected chi connectivity index (χ4v) is 2.22. The monoisotopic (exact) mass is 200 g/mol. The third kappa shape index (κ3) is 2.47. The first kappa shape index (κ1) is 12.0. The van der Waals surface area contributed by atoms with Gasteiger partial charge in [0, 0.05) is 25.7 Å². The topological polar surface area (TPSA) is 49.5 Å². The Balaban J connectivity index is 2.55. The van der Waals surface area contributed by atoms with Crippen LogP contribution in [0.2, 0.25) is 0 Å². The van der Waals surface area contributed by atoms with Crippen molar-refractivity contribution in [2.45, 2.75) is 39.3 Å². The third-order valence-corrected chi connectivity index (χ3v) is 3.74. The summed E-state index contributed by atoms with van der Waals surface area (Å²) in [5.74, 6) is 1.43. The minimum absolute atomic E-state index is 0.332. The van der Waals surface area contributed by atoms with Gasteiger partial charge in [-0.2, -0.15) is 0 Å². The van der Waals surface area contributed by atoms with Gasteiger partial charge in [-0.25, -0.2) is 0 Å². The van der Waals surface area contributed by atoms with Crippen molar-refractivity contribution < 1.29 is 5.11 Å². The lowest BCUT2D eigenvalue weighted by Gasteiger charge is -2.31. The van der Waals surface area contributed by atoms with Gasteiger partial charge in [-0.15, -0.1) is 0 Å². The van der Waals surface area contributed by atoms with Crippen LogP contribution in [0.25, 0.3) is 0 Å². The molecule has 0 aromatic rings.